The number of rotatable bonds is 5. The molecule has 1 fully saturated rings. The summed E-state index contributed by atoms with van der Waals surface area (Å²) in [6.45, 7) is 2.54. The third-order valence-electron chi connectivity index (χ3n) is 4.64. The van der Waals surface area contributed by atoms with Gasteiger partial charge < -0.3 is 14.4 Å². The first-order valence-electron chi connectivity index (χ1n) is 8.09. The summed E-state index contributed by atoms with van der Waals surface area (Å²) in [7, 11) is 3.14. The maximum absolute atomic E-state index is 11.5. The van der Waals surface area contributed by atoms with Gasteiger partial charge in [-0.1, -0.05) is 30.3 Å². The van der Waals surface area contributed by atoms with Crippen molar-refractivity contribution < 1.29 is 14.3 Å². The normalized spacial score (nSPS) is 22.9. The van der Waals surface area contributed by atoms with Crippen molar-refractivity contribution in [2.24, 2.45) is 0 Å². The van der Waals surface area contributed by atoms with E-state index in [0.717, 1.165) is 12.8 Å². The van der Waals surface area contributed by atoms with Gasteiger partial charge in [0.25, 0.3) is 0 Å². The summed E-state index contributed by atoms with van der Waals surface area (Å²) < 4.78 is 10.7. The maximum atomic E-state index is 11.5. The molecule has 0 aliphatic heterocycles. The highest BCUT2D eigenvalue weighted by atomic mass is 16.5. The molecule has 1 aliphatic rings. The Labute approximate surface area is 133 Å². The minimum atomic E-state index is -0.316. The molecule has 1 aromatic rings. The number of benzene rings is 1. The summed E-state index contributed by atoms with van der Waals surface area (Å²) in [6, 6.07) is 10.8. The van der Waals surface area contributed by atoms with Gasteiger partial charge in [0.05, 0.1) is 25.9 Å². The average Bonchev–Trinajstić information content (AvgIpc) is 2.59. The van der Waals surface area contributed by atoms with E-state index in [0.29, 0.717) is 18.6 Å². The fraction of sp³-hybridized carbons (Fsp3) is 0.611. The van der Waals surface area contributed by atoms with E-state index in [9.17, 15) is 4.79 Å². The van der Waals surface area contributed by atoms with Gasteiger partial charge in [0.15, 0.2) is 0 Å². The highest BCUT2D eigenvalue weighted by Gasteiger charge is 2.24. The molecular weight excluding hydrogens is 278 g/mol. The molecule has 4 heteroatoms. The van der Waals surface area contributed by atoms with Crippen LogP contribution in [0, 0.1) is 0 Å². The number of carbonyl (C=O) groups excluding carboxylic acids is 1. The molecule has 0 bridgehead atoms. The van der Waals surface area contributed by atoms with Crippen molar-refractivity contribution in [1.29, 1.82) is 0 Å². The van der Waals surface area contributed by atoms with Crippen molar-refractivity contribution in [2.75, 3.05) is 20.8 Å². The number of nitrogens with zero attached hydrogens (tertiary/aromatic N) is 1. The van der Waals surface area contributed by atoms with Crippen LogP contribution in [0.15, 0.2) is 30.3 Å². The molecule has 1 amide bonds. The van der Waals surface area contributed by atoms with Crippen molar-refractivity contribution in [2.45, 2.75) is 50.7 Å². The van der Waals surface area contributed by atoms with Crippen LogP contribution < -0.4 is 0 Å². The van der Waals surface area contributed by atoms with Crippen LogP contribution in [0.4, 0.5) is 4.79 Å². The molecule has 0 saturated heterocycles. The summed E-state index contributed by atoms with van der Waals surface area (Å²) in [5.74, 6) is 0.663. The molecular formula is C18H27NO3. The molecule has 0 radical (unpaired) electrons. The van der Waals surface area contributed by atoms with Crippen LogP contribution in [0.5, 0.6) is 0 Å². The summed E-state index contributed by atoms with van der Waals surface area (Å²) in [5.41, 5.74) is 1.44. The Hall–Kier alpha value is -1.55. The van der Waals surface area contributed by atoms with E-state index < -0.39 is 0 Å². The van der Waals surface area contributed by atoms with Crippen molar-refractivity contribution in [3.8, 4) is 0 Å². The minimum absolute atomic E-state index is 0.0271. The molecule has 1 atom stereocenters. The highest BCUT2D eigenvalue weighted by molar-refractivity contribution is 5.67. The third-order valence-corrected chi connectivity index (χ3v) is 4.64. The van der Waals surface area contributed by atoms with Crippen molar-refractivity contribution >= 4 is 6.09 Å². The molecule has 0 N–H and O–H groups in total. The zero-order valence-corrected chi connectivity index (χ0v) is 13.8. The lowest BCUT2D eigenvalue weighted by Crippen LogP contribution is -2.39. The molecule has 122 valence electrons. The largest absolute Gasteiger partial charge is 0.453 e. The first kappa shape index (κ1) is 16.8. The molecule has 1 aromatic carbocycles. The van der Waals surface area contributed by atoms with Gasteiger partial charge in [0, 0.05) is 7.05 Å². The van der Waals surface area contributed by atoms with Crippen LogP contribution in [0.1, 0.15) is 44.1 Å². The minimum Gasteiger partial charge on any atom is -0.453 e. The second kappa shape index (κ2) is 8.18. The van der Waals surface area contributed by atoms with Gasteiger partial charge in [-0.3, -0.25) is 0 Å². The van der Waals surface area contributed by atoms with E-state index in [2.05, 4.69) is 30.3 Å². The number of hydrogen-bond donors (Lipinski definition) is 0. The fourth-order valence-corrected chi connectivity index (χ4v) is 3.00. The lowest BCUT2D eigenvalue weighted by Gasteiger charge is -2.31. The maximum Gasteiger partial charge on any atom is 0.409 e. The zero-order chi connectivity index (χ0) is 15.9. The third kappa shape index (κ3) is 4.47. The predicted octanol–water partition coefficient (Wildman–Crippen LogP) is 3.82. The first-order chi connectivity index (χ1) is 10.6. The van der Waals surface area contributed by atoms with Crippen LogP contribution in [0.2, 0.25) is 0 Å². The smallest absolute Gasteiger partial charge is 0.409 e. The molecule has 22 heavy (non-hydrogen) atoms. The van der Waals surface area contributed by atoms with E-state index >= 15 is 0 Å². The molecule has 4 nitrogen and oxygen atoms in total. The molecule has 2 rings (SSSR count). The van der Waals surface area contributed by atoms with Gasteiger partial charge in [-0.25, -0.2) is 4.79 Å². The molecule has 0 heterocycles. The Morgan fingerprint density at radius 1 is 1.23 bits per heavy atom. The van der Waals surface area contributed by atoms with E-state index in [4.69, 9.17) is 9.47 Å². The topological polar surface area (TPSA) is 38.8 Å². The van der Waals surface area contributed by atoms with E-state index in [1.807, 2.05) is 6.92 Å². The SMILES string of the molecule is COC(=O)N(C)[C@H](C)COC1CCC(c2ccccc2)CC1. The Morgan fingerprint density at radius 3 is 2.45 bits per heavy atom. The van der Waals surface area contributed by atoms with Crippen LogP contribution >= 0.6 is 0 Å². The van der Waals surface area contributed by atoms with Crippen LogP contribution in [-0.2, 0) is 9.47 Å². The van der Waals surface area contributed by atoms with Crippen molar-refractivity contribution in [1.82, 2.24) is 4.90 Å². The summed E-state index contributed by atoms with van der Waals surface area (Å²) in [6.07, 6.45) is 4.53. The molecule has 0 aromatic heterocycles. The van der Waals surface area contributed by atoms with E-state index in [1.54, 1.807) is 11.9 Å². The van der Waals surface area contributed by atoms with Crippen molar-refractivity contribution in [3.05, 3.63) is 35.9 Å². The van der Waals surface area contributed by atoms with Gasteiger partial charge in [-0.15, -0.1) is 0 Å². The van der Waals surface area contributed by atoms with Crippen LogP contribution in [0.25, 0.3) is 0 Å². The lowest BCUT2D eigenvalue weighted by atomic mass is 9.83. The molecule has 1 saturated carbocycles. The van der Waals surface area contributed by atoms with E-state index in [-0.39, 0.29) is 12.1 Å². The van der Waals surface area contributed by atoms with Gasteiger partial charge >= 0.3 is 6.09 Å². The second-order valence-electron chi connectivity index (χ2n) is 6.15. The van der Waals surface area contributed by atoms with Gasteiger partial charge in [-0.2, -0.15) is 0 Å². The van der Waals surface area contributed by atoms with Crippen LogP contribution in [-0.4, -0.2) is 43.9 Å². The number of likely N-dealkylation sites (N-methyl/N-ethyl adjacent to an activating group) is 1. The summed E-state index contributed by atoms with van der Waals surface area (Å²) in [5, 5.41) is 0. The second-order valence-corrected chi connectivity index (χ2v) is 6.15. The standard InChI is InChI=1S/C18H27NO3/c1-14(19(2)18(20)21-3)13-22-17-11-9-16(10-12-17)15-7-5-4-6-8-15/h4-8,14,16-17H,9-13H2,1-3H3/t14-,16?,17?/m1/s1. The Bertz CT molecular complexity index is 455. The molecule has 1 aliphatic carbocycles. The number of hydrogen-bond acceptors (Lipinski definition) is 3. The number of ether oxygens (including phenoxy) is 2. The Morgan fingerprint density at radius 2 is 1.86 bits per heavy atom. The van der Waals surface area contributed by atoms with Gasteiger partial charge in [-0.05, 0) is 44.1 Å². The van der Waals surface area contributed by atoms with Crippen LogP contribution in [0.3, 0.4) is 0 Å². The fourth-order valence-electron chi connectivity index (χ4n) is 3.00. The Kier molecular flexibility index (Phi) is 6.25. The average molecular weight is 305 g/mol. The number of amides is 1. The van der Waals surface area contributed by atoms with Gasteiger partial charge in [0.2, 0.25) is 0 Å². The number of carbonyl (C=O) groups is 1. The Balaban J connectivity index is 1.73. The lowest BCUT2D eigenvalue weighted by molar-refractivity contribution is -0.00225. The first-order valence-corrected chi connectivity index (χ1v) is 8.09. The van der Waals surface area contributed by atoms with Gasteiger partial charge in [0.1, 0.15) is 0 Å². The highest BCUT2D eigenvalue weighted by Crippen LogP contribution is 2.33. The van der Waals surface area contributed by atoms with Crippen molar-refractivity contribution in [3.63, 3.8) is 0 Å². The molecule has 0 spiro atoms. The van der Waals surface area contributed by atoms with E-state index in [1.165, 1.54) is 25.5 Å². The monoisotopic (exact) mass is 305 g/mol. The zero-order valence-electron chi connectivity index (χ0n) is 13.8. The predicted molar refractivity (Wildman–Crippen MR) is 87.0 cm³/mol. The quantitative estimate of drug-likeness (QED) is 0.830. The summed E-state index contributed by atoms with van der Waals surface area (Å²) >= 11 is 0. The number of methoxy groups -OCH3 is 1. The molecule has 0 unspecified atom stereocenters. The summed E-state index contributed by atoms with van der Waals surface area (Å²) in [4.78, 5) is 13.0.